The molecular weight excluding hydrogens is 952 g/mol. The monoisotopic (exact) mass is 1070 g/mol. The van der Waals surface area contributed by atoms with Gasteiger partial charge in [0.2, 0.25) is 0 Å². The van der Waals surface area contributed by atoms with Gasteiger partial charge in [-0.05, 0) is 77.0 Å². The van der Waals surface area contributed by atoms with Gasteiger partial charge in [-0.3, -0.25) is 23.4 Å². The smallest absolute Gasteiger partial charge is 0.462 e. The molecule has 0 saturated heterocycles. The van der Waals surface area contributed by atoms with Crippen molar-refractivity contribution in [3.8, 4) is 0 Å². The van der Waals surface area contributed by atoms with Crippen molar-refractivity contribution in [2.75, 3.05) is 26.4 Å². The van der Waals surface area contributed by atoms with Crippen molar-refractivity contribution in [2.24, 2.45) is 0 Å². The van der Waals surface area contributed by atoms with E-state index in [9.17, 15) is 28.9 Å². The molecule has 0 radical (unpaired) electrons. The third-order valence-electron chi connectivity index (χ3n) is 13.5. The largest absolute Gasteiger partial charge is 0.472 e. The summed E-state index contributed by atoms with van der Waals surface area (Å²) in [6.45, 7) is 4.64. The Morgan fingerprint density at radius 2 is 0.662 bits per heavy atom. The Morgan fingerprint density at radius 1 is 0.378 bits per heavy atom. The van der Waals surface area contributed by atoms with Crippen LogP contribution in [0.15, 0.2) is 36.5 Å². The summed E-state index contributed by atoms with van der Waals surface area (Å²) in [4.78, 5) is 48.6. The minimum absolute atomic E-state index is 0.166. The number of phosphoric ester groups is 1. The molecular formula is C62H115O11P. The van der Waals surface area contributed by atoms with E-state index >= 15 is 0 Å². The fourth-order valence-corrected chi connectivity index (χ4v) is 9.58. The molecule has 0 aromatic carbocycles. The van der Waals surface area contributed by atoms with Gasteiger partial charge >= 0.3 is 25.7 Å². The number of phosphoric acid groups is 1. The summed E-state index contributed by atoms with van der Waals surface area (Å²) < 4.78 is 39.6. The van der Waals surface area contributed by atoms with Crippen LogP contribution in [-0.2, 0) is 42.2 Å². The van der Waals surface area contributed by atoms with Gasteiger partial charge in [0.25, 0.3) is 0 Å². The molecule has 0 aliphatic carbocycles. The molecule has 3 atom stereocenters. The maximum Gasteiger partial charge on any atom is 0.472 e. The van der Waals surface area contributed by atoms with Crippen molar-refractivity contribution in [2.45, 2.75) is 315 Å². The summed E-state index contributed by atoms with van der Waals surface area (Å²) in [6, 6.07) is 0. The Bertz CT molecular complexity index is 1380. The summed E-state index contributed by atoms with van der Waals surface area (Å²) in [5, 5.41) is 9.82. The van der Waals surface area contributed by atoms with Crippen LogP contribution in [0.2, 0.25) is 0 Å². The van der Waals surface area contributed by atoms with Crippen molar-refractivity contribution in [1.29, 1.82) is 0 Å². The van der Waals surface area contributed by atoms with E-state index in [0.29, 0.717) is 19.3 Å². The van der Waals surface area contributed by atoms with Crippen LogP contribution in [0.1, 0.15) is 303 Å². The molecule has 3 unspecified atom stereocenters. The highest BCUT2D eigenvalue weighted by atomic mass is 31.2. The SMILES string of the molecule is CCCCC/C=C\C/C=C\CCCCCCCCCCCC(=O)OC(COC(=O)CCCCCCCCCCCCCCCCC)COP(=O)(O)OCC(CO)OC(=O)CCCCCCC/C=C\CCCCCC. The van der Waals surface area contributed by atoms with Gasteiger partial charge in [-0.25, -0.2) is 4.57 Å². The second-order valence-corrected chi connectivity index (χ2v) is 22.3. The second-order valence-electron chi connectivity index (χ2n) is 20.9. The molecule has 434 valence electrons. The first kappa shape index (κ1) is 71.7. The standard InChI is InChI=1S/C62H115O11P/c1-4-7-10-13-16-19-22-25-27-28-29-30-32-35-38-41-44-47-50-53-62(66)73-59(55-69-60(64)51-48-45-42-39-36-34-31-26-23-20-17-14-11-8-5-2)57-71-74(67,68)70-56-58(54-63)72-61(65)52-49-46-43-40-37-33-24-21-18-15-12-9-6-3/h16,19,21,24-25,27,58-59,63H,4-15,17-18,20,22-23,26,28-57H2,1-3H3,(H,67,68)/b19-16-,24-21-,27-25-. The van der Waals surface area contributed by atoms with Gasteiger partial charge in [-0.1, -0.05) is 243 Å². The molecule has 0 aliphatic heterocycles. The zero-order valence-corrected chi connectivity index (χ0v) is 49.0. The highest BCUT2D eigenvalue weighted by molar-refractivity contribution is 7.47. The van der Waals surface area contributed by atoms with Crippen LogP contribution in [0.3, 0.4) is 0 Å². The Labute approximate surface area is 454 Å². The van der Waals surface area contributed by atoms with E-state index in [4.69, 9.17) is 23.3 Å². The molecule has 0 aliphatic rings. The molecule has 74 heavy (non-hydrogen) atoms. The van der Waals surface area contributed by atoms with Crippen LogP contribution in [0, 0.1) is 0 Å². The molecule has 0 fully saturated rings. The van der Waals surface area contributed by atoms with Gasteiger partial charge in [0, 0.05) is 19.3 Å². The van der Waals surface area contributed by atoms with Crippen LogP contribution in [0.4, 0.5) is 0 Å². The average molecular weight is 1070 g/mol. The highest BCUT2D eigenvalue weighted by Crippen LogP contribution is 2.43. The van der Waals surface area contributed by atoms with Crippen LogP contribution in [0.25, 0.3) is 0 Å². The number of esters is 3. The number of aliphatic hydroxyl groups is 1. The van der Waals surface area contributed by atoms with Crippen molar-refractivity contribution in [3.05, 3.63) is 36.5 Å². The quantitative estimate of drug-likeness (QED) is 0.0197. The summed E-state index contributed by atoms with van der Waals surface area (Å²) in [5.41, 5.74) is 0. The minimum Gasteiger partial charge on any atom is -0.462 e. The Kier molecular flexibility index (Phi) is 55.1. The van der Waals surface area contributed by atoms with Crippen molar-refractivity contribution >= 4 is 25.7 Å². The van der Waals surface area contributed by atoms with E-state index in [1.165, 1.54) is 154 Å². The molecule has 0 rings (SSSR count). The van der Waals surface area contributed by atoms with Gasteiger partial charge in [-0.15, -0.1) is 0 Å². The summed E-state index contributed by atoms with van der Waals surface area (Å²) in [5.74, 6) is -1.45. The number of allylic oxidation sites excluding steroid dienone is 6. The maximum absolute atomic E-state index is 12.9. The van der Waals surface area contributed by atoms with Crippen LogP contribution < -0.4 is 0 Å². The van der Waals surface area contributed by atoms with Gasteiger partial charge in [0.1, 0.15) is 12.7 Å². The number of hydrogen-bond donors (Lipinski definition) is 2. The number of ether oxygens (including phenoxy) is 3. The highest BCUT2D eigenvalue weighted by Gasteiger charge is 2.28. The maximum atomic E-state index is 12.9. The molecule has 2 N–H and O–H groups in total. The van der Waals surface area contributed by atoms with E-state index in [0.717, 1.165) is 89.9 Å². The van der Waals surface area contributed by atoms with E-state index in [1.54, 1.807) is 0 Å². The first-order valence-corrected chi connectivity index (χ1v) is 32.4. The van der Waals surface area contributed by atoms with E-state index in [-0.39, 0.29) is 25.9 Å². The average Bonchev–Trinajstić information content (AvgIpc) is 3.39. The first-order valence-electron chi connectivity index (χ1n) is 30.9. The first-order chi connectivity index (χ1) is 36.2. The Balaban J connectivity index is 4.69. The molecule has 0 spiro atoms. The molecule has 0 saturated carbocycles. The van der Waals surface area contributed by atoms with Crippen molar-refractivity contribution < 1.29 is 52.2 Å². The van der Waals surface area contributed by atoms with Crippen molar-refractivity contribution in [1.82, 2.24) is 0 Å². The number of carbonyl (C=O) groups is 3. The summed E-state index contributed by atoms with van der Waals surface area (Å²) in [6.07, 6.45) is 59.5. The van der Waals surface area contributed by atoms with Gasteiger partial charge in [-0.2, -0.15) is 0 Å². The van der Waals surface area contributed by atoms with E-state index in [1.807, 2.05) is 0 Å². The Morgan fingerprint density at radius 3 is 1.05 bits per heavy atom. The lowest BCUT2D eigenvalue weighted by Crippen LogP contribution is -2.30. The molecule has 0 heterocycles. The fourth-order valence-electron chi connectivity index (χ4n) is 8.79. The van der Waals surface area contributed by atoms with Gasteiger partial charge in [0.15, 0.2) is 6.10 Å². The zero-order chi connectivity index (χ0) is 54.1. The van der Waals surface area contributed by atoms with Crippen LogP contribution >= 0.6 is 7.82 Å². The van der Waals surface area contributed by atoms with Gasteiger partial charge < -0.3 is 24.2 Å². The predicted octanol–water partition coefficient (Wildman–Crippen LogP) is 18.4. The molecule has 0 aromatic heterocycles. The minimum atomic E-state index is -4.75. The summed E-state index contributed by atoms with van der Waals surface area (Å²) >= 11 is 0. The number of rotatable bonds is 58. The molecule has 12 heteroatoms. The van der Waals surface area contributed by atoms with E-state index < -0.39 is 57.8 Å². The number of hydrogen-bond acceptors (Lipinski definition) is 10. The zero-order valence-electron chi connectivity index (χ0n) is 48.1. The van der Waals surface area contributed by atoms with Crippen LogP contribution in [0.5, 0.6) is 0 Å². The Hall–Kier alpha value is -2.30. The third kappa shape index (κ3) is 54.5. The third-order valence-corrected chi connectivity index (χ3v) is 14.5. The second kappa shape index (κ2) is 56.9. The van der Waals surface area contributed by atoms with Gasteiger partial charge in [0.05, 0.1) is 19.8 Å². The number of carbonyl (C=O) groups excluding carboxylic acids is 3. The lowest BCUT2D eigenvalue weighted by atomic mass is 10.0. The lowest BCUT2D eigenvalue weighted by Gasteiger charge is -2.21. The fraction of sp³-hybridized carbons (Fsp3) is 0.855. The topological polar surface area (TPSA) is 155 Å². The normalized spacial score (nSPS) is 13.5. The predicted molar refractivity (Wildman–Crippen MR) is 307 cm³/mol. The molecule has 11 nitrogen and oxygen atoms in total. The lowest BCUT2D eigenvalue weighted by molar-refractivity contribution is -0.161. The van der Waals surface area contributed by atoms with Crippen molar-refractivity contribution in [3.63, 3.8) is 0 Å². The molecule has 0 bridgehead atoms. The number of unbranched alkanes of at least 4 members (excludes halogenated alkanes) is 35. The number of aliphatic hydroxyl groups excluding tert-OH is 1. The van der Waals surface area contributed by atoms with E-state index in [2.05, 4.69) is 57.2 Å². The molecule has 0 aromatic rings. The van der Waals surface area contributed by atoms with Crippen LogP contribution in [-0.4, -0.2) is 66.5 Å². The summed E-state index contributed by atoms with van der Waals surface area (Å²) in [7, 11) is -4.75. The molecule has 0 amide bonds.